The van der Waals surface area contributed by atoms with Crippen molar-refractivity contribution in [2.24, 2.45) is 0 Å². The fraction of sp³-hybridized carbons (Fsp3) is 0. The number of carbonyl (C=O) groups excluding carboxylic acids is 2. The number of hydrogen-bond acceptors (Lipinski definition) is 2. The van der Waals surface area contributed by atoms with Crippen LogP contribution in [0.4, 0.5) is 0 Å². The zero-order valence-corrected chi connectivity index (χ0v) is 5.54. The van der Waals surface area contributed by atoms with Gasteiger partial charge in [0.2, 0.25) is 0 Å². The molecule has 0 saturated carbocycles. The lowest BCUT2D eigenvalue weighted by Crippen LogP contribution is -2.22. The zero-order valence-electron chi connectivity index (χ0n) is 5.54. The minimum absolute atomic E-state index is 0.537. The van der Waals surface area contributed by atoms with Crippen LogP contribution < -0.4 is 0 Å². The van der Waals surface area contributed by atoms with Crippen LogP contribution in [0.2, 0.25) is 0 Å². The van der Waals surface area contributed by atoms with Crippen molar-refractivity contribution in [3.63, 3.8) is 0 Å². The summed E-state index contributed by atoms with van der Waals surface area (Å²) in [5, 5.41) is 0. The fourth-order valence-electron chi connectivity index (χ4n) is 0.329. The monoisotopic (exact) mass is 138 g/mol. The highest BCUT2D eigenvalue weighted by Crippen LogP contribution is 1.80. The van der Waals surface area contributed by atoms with Crippen molar-refractivity contribution in [2.45, 2.75) is 0 Å². The van der Waals surface area contributed by atoms with E-state index in [4.69, 9.17) is 0 Å². The molecule has 0 saturated heterocycles. The summed E-state index contributed by atoms with van der Waals surface area (Å²) < 4.78 is 0.681. The molecule has 0 aromatic rings. The maximum Gasteiger partial charge on any atom is 0.419 e. The quantitative estimate of drug-likeness (QED) is 0.309. The lowest BCUT2D eigenvalue weighted by atomic mass is 10.5. The second kappa shape index (κ2) is 3.50. The van der Waals surface area contributed by atoms with Crippen LogP contribution in [0.25, 0.3) is 0 Å². The number of nitrogens with zero attached hydrogens (tertiary/aromatic N) is 1. The molecular weight excluding hydrogens is 130 g/mol. The Morgan fingerprint density at radius 2 is 1.40 bits per heavy atom. The van der Waals surface area contributed by atoms with Gasteiger partial charge in [0.1, 0.15) is 6.72 Å². The summed E-state index contributed by atoms with van der Waals surface area (Å²) in [6.07, 6.45) is 2.02. The highest BCUT2D eigenvalue weighted by molar-refractivity contribution is 5.94. The third-order valence-electron chi connectivity index (χ3n) is 0.881. The Morgan fingerprint density at radius 3 is 1.60 bits per heavy atom. The van der Waals surface area contributed by atoms with Gasteiger partial charge in [-0.15, -0.1) is 0 Å². The molecule has 0 N–H and O–H groups in total. The van der Waals surface area contributed by atoms with Crippen LogP contribution in [0.5, 0.6) is 0 Å². The van der Waals surface area contributed by atoms with Crippen molar-refractivity contribution < 1.29 is 14.2 Å². The van der Waals surface area contributed by atoms with Gasteiger partial charge in [0, 0.05) is 12.2 Å². The molecule has 0 aliphatic heterocycles. The van der Waals surface area contributed by atoms with Crippen LogP contribution in [0.1, 0.15) is 0 Å². The lowest BCUT2D eigenvalue weighted by molar-refractivity contribution is -0.365. The van der Waals surface area contributed by atoms with Gasteiger partial charge >= 0.3 is 11.8 Å². The van der Waals surface area contributed by atoms with Gasteiger partial charge in [-0.2, -0.15) is 0 Å². The van der Waals surface area contributed by atoms with Crippen LogP contribution in [-0.4, -0.2) is 23.1 Å². The van der Waals surface area contributed by atoms with Crippen LogP contribution in [0, 0.1) is 0 Å². The minimum Gasteiger partial charge on any atom is -0.214 e. The Bertz CT molecular complexity index is 194. The van der Waals surface area contributed by atoms with E-state index in [1.165, 1.54) is 0 Å². The number of rotatable bonds is 2. The summed E-state index contributed by atoms with van der Waals surface area (Å²) in [4.78, 5) is 21.2. The summed E-state index contributed by atoms with van der Waals surface area (Å²) in [7, 11) is 0. The van der Waals surface area contributed by atoms with Crippen molar-refractivity contribution in [3.05, 3.63) is 25.3 Å². The topological polar surface area (TPSA) is 37.1 Å². The first-order valence-corrected chi connectivity index (χ1v) is 2.57. The number of imide groups is 1. The van der Waals surface area contributed by atoms with Gasteiger partial charge in [0.15, 0.2) is 0 Å². The zero-order chi connectivity index (χ0) is 8.15. The molecular formula is C7H8NO2+. The molecule has 0 aromatic carbocycles. The Balaban J connectivity index is 4.36. The SMILES string of the molecule is C=CC(=O)[N+](=C)C(=O)C=C. The molecule has 10 heavy (non-hydrogen) atoms. The molecule has 0 bridgehead atoms. The molecule has 0 rings (SSSR count). The van der Waals surface area contributed by atoms with Gasteiger partial charge in [-0.3, -0.25) is 0 Å². The van der Waals surface area contributed by atoms with E-state index in [9.17, 15) is 9.59 Å². The Hall–Kier alpha value is -1.51. The van der Waals surface area contributed by atoms with Gasteiger partial charge in [-0.05, 0) is 0 Å². The van der Waals surface area contributed by atoms with Gasteiger partial charge in [0.05, 0.1) is 0 Å². The number of amides is 2. The standard InChI is InChI=1S/C7H8NO2/c1-4-6(9)8(3)7(10)5-2/h4-5H,1-3H2/q+1. The predicted octanol–water partition coefficient (Wildman–Crippen LogP) is 0.125. The highest BCUT2D eigenvalue weighted by atomic mass is 16.2. The van der Waals surface area contributed by atoms with E-state index in [-0.39, 0.29) is 0 Å². The van der Waals surface area contributed by atoms with Crippen LogP contribution in [-0.2, 0) is 9.59 Å². The molecule has 0 aliphatic rings. The molecule has 0 radical (unpaired) electrons. The van der Waals surface area contributed by atoms with E-state index >= 15 is 0 Å². The van der Waals surface area contributed by atoms with Crippen molar-refractivity contribution in [1.82, 2.24) is 0 Å². The molecule has 0 atom stereocenters. The van der Waals surface area contributed by atoms with E-state index < -0.39 is 11.8 Å². The highest BCUT2D eigenvalue weighted by Gasteiger charge is 2.16. The smallest absolute Gasteiger partial charge is 0.214 e. The molecule has 3 heteroatoms. The molecule has 3 nitrogen and oxygen atoms in total. The maximum absolute atomic E-state index is 10.6. The number of carbonyl (C=O) groups is 2. The maximum atomic E-state index is 10.6. The molecule has 0 spiro atoms. The molecule has 0 heterocycles. The Labute approximate surface area is 59.0 Å². The summed E-state index contributed by atoms with van der Waals surface area (Å²) in [6.45, 7) is 9.53. The van der Waals surface area contributed by atoms with E-state index in [1.807, 2.05) is 0 Å². The van der Waals surface area contributed by atoms with Crippen molar-refractivity contribution in [2.75, 3.05) is 0 Å². The molecule has 0 fully saturated rings. The summed E-state index contributed by atoms with van der Waals surface area (Å²) in [6, 6.07) is 0. The predicted molar refractivity (Wildman–Crippen MR) is 37.8 cm³/mol. The molecule has 0 unspecified atom stereocenters. The first-order chi connectivity index (χ1) is 4.63. The van der Waals surface area contributed by atoms with Crippen molar-refractivity contribution in [3.8, 4) is 0 Å². The molecule has 0 aliphatic carbocycles. The minimum atomic E-state index is -0.537. The normalized spacial score (nSPS) is 8.00. The fourth-order valence-corrected chi connectivity index (χ4v) is 0.329. The van der Waals surface area contributed by atoms with Crippen LogP contribution >= 0.6 is 0 Å². The van der Waals surface area contributed by atoms with Crippen molar-refractivity contribution >= 4 is 18.5 Å². The summed E-state index contributed by atoms with van der Waals surface area (Å²) in [5.74, 6) is -1.07. The Morgan fingerprint density at radius 1 is 1.10 bits per heavy atom. The van der Waals surface area contributed by atoms with Crippen molar-refractivity contribution in [1.29, 1.82) is 0 Å². The third kappa shape index (κ3) is 1.78. The summed E-state index contributed by atoms with van der Waals surface area (Å²) in [5.41, 5.74) is 0. The summed E-state index contributed by atoms with van der Waals surface area (Å²) >= 11 is 0. The number of hydrogen-bond donors (Lipinski definition) is 0. The van der Waals surface area contributed by atoms with Gasteiger partial charge in [0.25, 0.3) is 0 Å². The van der Waals surface area contributed by atoms with Gasteiger partial charge in [-0.1, -0.05) is 17.7 Å². The van der Waals surface area contributed by atoms with Crippen LogP contribution in [0.15, 0.2) is 25.3 Å². The second-order valence-electron chi connectivity index (χ2n) is 1.51. The first kappa shape index (κ1) is 8.49. The van der Waals surface area contributed by atoms with E-state index in [0.29, 0.717) is 4.58 Å². The third-order valence-corrected chi connectivity index (χ3v) is 0.881. The molecule has 2 amide bonds. The van der Waals surface area contributed by atoms with Crippen LogP contribution in [0.3, 0.4) is 0 Å². The second-order valence-corrected chi connectivity index (χ2v) is 1.51. The van der Waals surface area contributed by atoms with E-state index in [0.717, 1.165) is 12.2 Å². The van der Waals surface area contributed by atoms with Gasteiger partial charge < -0.3 is 0 Å². The van der Waals surface area contributed by atoms with E-state index in [2.05, 4.69) is 19.9 Å². The van der Waals surface area contributed by atoms with Gasteiger partial charge in [-0.25, -0.2) is 9.59 Å². The average molecular weight is 138 g/mol. The molecule has 0 aromatic heterocycles. The van der Waals surface area contributed by atoms with E-state index in [1.54, 1.807) is 0 Å². The lowest BCUT2D eigenvalue weighted by Gasteiger charge is -1.84. The largest absolute Gasteiger partial charge is 0.419 e. The molecule has 52 valence electrons. The first-order valence-electron chi connectivity index (χ1n) is 2.57. The Kier molecular flexibility index (Phi) is 2.97. The average Bonchev–Trinajstić information content (AvgIpc) is 2.00.